The molecule has 2 aliphatic rings. The number of aryl methyl sites for hydroxylation is 3. The fourth-order valence-electron chi connectivity index (χ4n) is 6.37. The van der Waals surface area contributed by atoms with E-state index in [4.69, 9.17) is 5.10 Å². The molecule has 2 N–H and O–H groups in total. The number of Topliss-reactive ketones (excluding diaryl/α,β-unsaturated/α-hetero) is 1. The van der Waals surface area contributed by atoms with Crippen molar-refractivity contribution in [2.45, 2.75) is 90.8 Å². The summed E-state index contributed by atoms with van der Waals surface area (Å²) < 4.78 is 2.19. The SMILES string of the molecule is CCc1cc(C(=O)CNCc2c(C)cc(C)[nH]c2=O)c2cnn(C3CCN(C4CCCCC4)CC3)c2c1. The summed E-state index contributed by atoms with van der Waals surface area (Å²) in [5.74, 6) is 0.0353. The maximum Gasteiger partial charge on any atom is 0.252 e. The zero-order valence-electron chi connectivity index (χ0n) is 22.6. The Labute approximate surface area is 219 Å². The highest BCUT2D eigenvalue weighted by Crippen LogP contribution is 2.32. The van der Waals surface area contributed by atoms with E-state index in [0.29, 0.717) is 18.2 Å². The molecule has 0 spiro atoms. The molecule has 0 amide bonds. The van der Waals surface area contributed by atoms with Gasteiger partial charge in [0.05, 0.1) is 24.3 Å². The number of aromatic amines is 1. The standard InChI is InChI=1S/C30H41N5O2/c1-4-22-15-25(29(36)19-31-17-26-20(2)14-21(3)33-30(26)37)27-18-32-35(28(27)16-22)24-10-12-34(13-11-24)23-8-6-5-7-9-23/h14-16,18,23-24,31H,4-13,17,19H2,1-3H3,(H,33,37). The Morgan fingerprint density at radius 3 is 2.51 bits per heavy atom. The molecule has 1 aromatic carbocycles. The average molecular weight is 504 g/mol. The molecule has 7 nitrogen and oxygen atoms in total. The van der Waals surface area contributed by atoms with Gasteiger partial charge in [0.25, 0.3) is 5.56 Å². The van der Waals surface area contributed by atoms with Crippen molar-refractivity contribution in [3.8, 4) is 0 Å². The van der Waals surface area contributed by atoms with Crippen LogP contribution < -0.4 is 10.9 Å². The fourth-order valence-corrected chi connectivity index (χ4v) is 6.37. The third kappa shape index (κ3) is 5.58. The number of nitrogens with zero attached hydrogens (tertiary/aromatic N) is 3. The molecule has 3 aromatic rings. The lowest BCUT2D eigenvalue weighted by Gasteiger charge is -2.39. The Balaban J connectivity index is 1.30. The number of rotatable bonds is 8. The van der Waals surface area contributed by atoms with Crippen molar-refractivity contribution in [1.82, 2.24) is 25.0 Å². The van der Waals surface area contributed by atoms with Gasteiger partial charge in [0.15, 0.2) is 5.78 Å². The van der Waals surface area contributed by atoms with Crippen LogP contribution in [0, 0.1) is 13.8 Å². The molecule has 1 saturated heterocycles. The van der Waals surface area contributed by atoms with Crippen LogP contribution in [0.15, 0.2) is 29.2 Å². The van der Waals surface area contributed by atoms with Gasteiger partial charge >= 0.3 is 0 Å². The normalized spacial score (nSPS) is 18.0. The molecule has 37 heavy (non-hydrogen) atoms. The summed E-state index contributed by atoms with van der Waals surface area (Å²) in [7, 11) is 0. The lowest BCUT2D eigenvalue weighted by Crippen LogP contribution is -2.42. The summed E-state index contributed by atoms with van der Waals surface area (Å²) >= 11 is 0. The summed E-state index contributed by atoms with van der Waals surface area (Å²) in [5.41, 5.74) is 5.32. The number of carbonyl (C=O) groups excluding carboxylic acids is 1. The molecule has 5 rings (SSSR count). The molecular weight excluding hydrogens is 462 g/mol. The topological polar surface area (TPSA) is 83.0 Å². The van der Waals surface area contributed by atoms with Crippen LogP contribution in [0.2, 0.25) is 0 Å². The van der Waals surface area contributed by atoms with Crippen LogP contribution in [0.25, 0.3) is 10.9 Å². The highest BCUT2D eigenvalue weighted by molar-refractivity contribution is 6.08. The molecule has 0 bridgehead atoms. The van der Waals surface area contributed by atoms with Gasteiger partial charge in [0.2, 0.25) is 0 Å². The number of hydrogen-bond acceptors (Lipinski definition) is 5. The first-order valence-corrected chi connectivity index (χ1v) is 14.1. The number of carbonyl (C=O) groups is 1. The second kappa shape index (κ2) is 11.3. The first-order chi connectivity index (χ1) is 17.9. The van der Waals surface area contributed by atoms with Crippen LogP contribution in [-0.4, -0.2) is 51.1 Å². The van der Waals surface area contributed by atoms with Gasteiger partial charge < -0.3 is 15.2 Å². The fraction of sp³-hybridized carbons (Fsp3) is 0.567. The number of likely N-dealkylation sites (tertiary alicyclic amines) is 1. The van der Waals surface area contributed by atoms with Gasteiger partial charge in [-0.05, 0) is 75.3 Å². The summed E-state index contributed by atoms with van der Waals surface area (Å²) in [6, 6.07) is 7.35. The Morgan fingerprint density at radius 2 is 1.81 bits per heavy atom. The van der Waals surface area contributed by atoms with Crippen molar-refractivity contribution >= 4 is 16.7 Å². The van der Waals surface area contributed by atoms with E-state index in [-0.39, 0.29) is 17.9 Å². The lowest BCUT2D eigenvalue weighted by atomic mass is 9.92. The van der Waals surface area contributed by atoms with Gasteiger partial charge in [-0.3, -0.25) is 14.3 Å². The van der Waals surface area contributed by atoms with Gasteiger partial charge in [0.1, 0.15) is 0 Å². The highest BCUT2D eigenvalue weighted by Gasteiger charge is 2.28. The number of fused-ring (bicyclic) bond motifs is 1. The van der Waals surface area contributed by atoms with Crippen LogP contribution in [0.3, 0.4) is 0 Å². The zero-order chi connectivity index (χ0) is 25.9. The molecule has 198 valence electrons. The first-order valence-electron chi connectivity index (χ1n) is 14.1. The van der Waals surface area contributed by atoms with Crippen LogP contribution in [0.1, 0.15) is 90.7 Å². The number of pyridine rings is 1. The summed E-state index contributed by atoms with van der Waals surface area (Å²) in [6.07, 6.45) is 11.8. The second-order valence-electron chi connectivity index (χ2n) is 11.0. The zero-order valence-corrected chi connectivity index (χ0v) is 22.6. The van der Waals surface area contributed by atoms with Crippen LogP contribution in [-0.2, 0) is 13.0 Å². The molecule has 1 aliphatic heterocycles. The monoisotopic (exact) mass is 503 g/mol. The molecule has 7 heteroatoms. The minimum atomic E-state index is -0.0939. The molecule has 2 aromatic heterocycles. The molecule has 1 aliphatic carbocycles. The maximum absolute atomic E-state index is 13.4. The van der Waals surface area contributed by atoms with Gasteiger partial charge in [-0.15, -0.1) is 0 Å². The van der Waals surface area contributed by atoms with Crippen molar-refractivity contribution in [1.29, 1.82) is 0 Å². The van der Waals surface area contributed by atoms with E-state index < -0.39 is 0 Å². The van der Waals surface area contributed by atoms with E-state index in [1.165, 1.54) is 32.1 Å². The van der Waals surface area contributed by atoms with Crippen LogP contribution in [0.5, 0.6) is 0 Å². The number of nitrogens with one attached hydrogen (secondary N) is 2. The molecule has 1 saturated carbocycles. The van der Waals surface area contributed by atoms with Crippen molar-refractivity contribution in [3.63, 3.8) is 0 Å². The quantitative estimate of drug-likeness (QED) is 0.430. The Bertz CT molecular complexity index is 1310. The van der Waals surface area contributed by atoms with E-state index in [1.807, 2.05) is 32.2 Å². The molecule has 0 unspecified atom stereocenters. The maximum atomic E-state index is 13.4. The van der Waals surface area contributed by atoms with E-state index >= 15 is 0 Å². The van der Waals surface area contributed by atoms with Crippen LogP contribution in [0.4, 0.5) is 0 Å². The molecule has 3 heterocycles. The number of benzene rings is 1. The van der Waals surface area contributed by atoms with Crippen molar-refractivity contribution < 1.29 is 4.79 Å². The minimum absolute atomic E-state index is 0.0353. The molecule has 2 fully saturated rings. The molecule has 0 radical (unpaired) electrons. The second-order valence-corrected chi connectivity index (χ2v) is 11.0. The Hall–Kier alpha value is -2.77. The third-order valence-electron chi connectivity index (χ3n) is 8.50. The molecular formula is C30H41N5O2. The highest BCUT2D eigenvalue weighted by atomic mass is 16.1. The number of hydrogen-bond donors (Lipinski definition) is 2. The largest absolute Gasteiger partial charge is 0.326 e. The van der Waals surface area contributed by atoms with Gasteiger partial charge in [-0.1, -0.05) is 26.2 Å². The lowest BCUT2D eigenvalue weighted by molar-refractivity contribution is 0.0992. The number of piperidine rings is 1. The third-order valence-corrected chi connectivity index (χ3v) is 8.50. The Morgan fingerprint density at radius 1 is 1.05 bits per heavy atom. The number of aromatic nitrogens is 3. The van der Waals surface area contributed by atoms with Crippen molar-refractivity contribution in [2.24, 2.45) is 0 Å². The van der Waals surface area contributed by atoms with Gasteiger partial charge in [-0.25, -0.2) is 0 Å². The van der Waals surface area contributed by atoms with Gasteiger partial charge in [-0.2, -0.15) is 5.10 Å². The van der Waals surface area contributed by atoms with Crippen molar-refractivity contribution in [2.75, 3.05) is 19.6 Å². The minimum Gasteiger partial charge on any atom is -0.326 e. The smallest absolute Gasteiger partial charge is 0.252 e. The summed E-state index contributed by atoms with van der Waals surface area (Å²) in [4.78, 5) is 31.2. The van der Waals surface area contributed by atoms with E-state index in [9.17, 15) is 9.59 Å². The number of ketones is 1. The predicted molar refractivity (Wildman–Crippen MR) is 148 cm³/mol. The molecule has 0 atom stereocenters. The van der Waals surface area contributed by atoms with E-state index in [2.05, 4.69) is 32.9 Å². The summed E-state index contributed by atoms with van der Waals surface area (Å²) in [6.45, 7) is 8.76. The van der Waals surface area contributed by atoms with E-state index in [1.54, 1.807) is 0 Å². The van der Waals surface area contributed by atoms with Crippen LogP contribution >= 0.6 is 0 Å². The number of H-pyrrole nitrogens is 1. The predicted octanol–water partition coefficient (Wildman–Crippen LogP) is 4.85. The van der Waals surface area contributed by atoms with E-state index in [0.717, 1.165) is 71.7 Å². The Kier molecular flexibility index (Phi) is 7.91. The summed E-state index contributed by atoms with van der Waals surface area (Å²) in [5, 5.41) is 8.95. The van der Waals surface area contributed by atoms with Gasteiger partial charge in [0, 0.05) is 47.9 Å². The van der Waals surface area contributed by atoms with Crippen molar-refractivity contribution in [3.05, 3.63) is 62.7 Å². The first kappa shape index (κ1) is 25.9. The average Bonchev–Trinajstić information content (AvgIpc) is 3.34.